The molecule has 1 heterocycles. The van der Waals surface area contributed by atoms with Crippen molar-refractivity contribution < 1.29 is 23.7 Å². The Morgan fingerprint density at radius 3 is 2.55 bits per heavy atom. The van der Waals surface area contributed by atoms with Crippen molar-refractivity contribution in [2.75, 3.05) is 20.3 Å². The summed E-state index contributed by atoms with van der Waals surface area (Å²) in [6.07, 6.45) is 6.37. The summed E-state index contributed by atoms with van der Waals surface area (Å²) in [6, 6.07) is 0.399. The highest BCUT2D eigenvalue weighted by atomic mass is 16.6. The molecule has 1 saturated heterocycles. The van der Waals surface area contributed by atoms with Gasteiger partial charge in [0.1, 0.15) is 12.2 Å². The zero-order valence-electron chi connectivity index (χ0n) is 18.3. The van der Waals surface area contributed by atoms with Gasteiger partial charge in [-0.3, -0.25) is 0 Å². The van der Waals surface area contributed by atoms with Gasteiger partial charge in [-0.05, 0) is 59.3 Å². The fourth-order valence-electron chi connectivity index (χ4n) is 4.87. The summed E-state index contributed by atoms with van der Waals surface area (Å²) in [5, 5.41) is 3.02. The number of amides is 1. The van der Waals surface area contributed by atoms with Crippen LogP contribution < -0.4 is 11.1 Å². The first-order chi connectivity index (χ1) is 13.8. The third-order valence-corrected chi connectivity index (χ3v) is 6.68. The molecule has 3 N–H and O–H groups in total. The van der Waals surface area contributed by atoms with Crippen LogP contribution in [0.3, 0.4) is 0 Å². The lowest BCUT2D eigenvalue weighted by Gasteiger charge is -2.43. The molecule has 0 aromatic heterocycles. The van der Waals surface area contributed by atoms with Crippen LogP contribution in [0, 0.1) is 5.92 Å². The van der Waals surface area contributed by atoms with Gasteiger partial charge in [0.15, 0.2) is 0 Å². The fourth-order valence-corrected chi connectivity index (χ4v) is 4.87. The first-order valence-corrected chi connectivity index (χ1v) is 11.0. The van der Waals surface area contributed by atoms with Crippen molar-refractivity contribution in [3.05, 3.63) is 11.6 Å². The molecule has 166 valence electrons. The summed E-state index contributed by atoms with van der Waals surface area (Å²) in [7, 11) is 1.68. The SMILES string of the molecule is COC1C(OC(=O)NC2CCC(N)CC2)CC[C@]2(CO2)C1[C@H](C)OCC=C(C)C. The van der Waals surface area contributed by atoms with Gasteiger partial charge >= 0.3 is 6.09 Å². The first-order valence-electron chi connectivity index (χ1n) is 11.0. The number of epoxide rings is 1. The van der Waals surface area contributed by atoms with Crippen LogP contribution in [0.15, 0.2) is 11.6 Å². The Labute approximate surface area is 174 Å². The Kier molecular flexibility index (Phi) is 7.59. The fraction of sp³-hybridized carbons (Fsp3) is 0.864. The second-order valence-corrected chi connectivity index (χ2v) is 9.14. The van der Waals surface area contributed by atoms with Crippen LogP contribution >= 0.6 is 0 Å². The minimum absolute atomic E-state index is 0.0253. The summed E-state index contributed by atoms with van der Waals surface area (Å²) < 4.78 is 23.6. The molecule has 3 fully saturated rings. The van der Waals surface area contributed by atoms with E-state index in [1.54, 1.807) is 7.11 Å². The lowest BCUT2D eigenvalue weighted by Crippen LogP contribution is -2.55. The van der Waals surface area contributed by atoms with Crippen molar-refractivity contribution >= 4 is 6.09 Å². The molecule has 0 aromatic carbocycles. The molecule has 5 atom stereocenters. The van der Waals surface area contributed by atoms with E-state index in [2.05, 4.69) is 32.2 Å². The van der Waals surface area contributed by atoms with Crippen LogP contribution in [0.25, 0.3) is 0 Å². The molecule has 1 aliphatic heterocycles. The molecule has 7 nitrogen and oxygen atoms in total. The molecule has 1 amide bonds. The zero-order chi connectivity index (χ0) is 21.0. The number of nitrogens with two attached hydrogens (primary N) is 1. The van der Waals surface area contributed by atoms with Gasteiger partial charge in [-0.25, -0.2) is 4.79 Å². The van der Waals surface area contributed by atoms with E-state index in [4.69, 9.17) is 24.7 Å². The zero-order valence-corrected chi connectivity index (χ0v) is 18.3. The highest BCUT2D eigenvalue weighted by molar-refractivity contribution is 5.67. The van der Waals surface area contributed by atoms with Gasteiger partial charge in [-0.1, -0.05) is 11.6 Å². The average Bonchev–Trinajstić information content (AvgIpc) is 3.44. The Morgan fingerprint density at radius 2 is 1.97 bits per heavy atom. The number of carbonyl (C=O) groups excluding carboxylic acids is 1. The Hall–Kier alpha value is -1.15. The molecule has 29 heavy (non-hydrogen) atoms. The Morgan fingerprint density at radius 1 is 1.28 bits per heavy atom. The van der Waals surface area contributed by atoms with Crippen LogP contribution in [0.2, 0.25) is 0 Å². The van der Waals surface area contributed by atoms with Gasteiger partial charge in [-0.15, -0.1) is 0 Å². The molecule has 2 saturated carbocycles. The number of rotatable bonds is 7. The molecule has 1 spiro atoms. The number of allylic oxidation sites excluding steroid dienone is 1. The van der Waals surface area contributed by atoms with Crippen LogP contribution in [0.1, 0.15) is 59.3 Å². The molecule has 3 unspecified atom stereocenters. The van der Waals surface area contributed by atoms with Gasteiger partial charge in [0, 0.05) is 25.1 Å². The monoisotopic (exact) mass is 410 g/mol. The number of methoxy groups -OCH3 is 1. The molecule has 3 rings (SSSR count). The Bertz CT molecular complexity index is 580. The van der Waals surface area contributed by atoms with Crippen LogP contribution in [-0.4, -0.2) is 62.4 Å². The number of hydrogen-bond donors (Lipinski definition) is 2. The lowest BCUT2D eigenvalue weighted by molar-refractivity contribution is -0.138. The van der Waals surface area contributed by atoms with E-state index in [1.807, 2.05) is 0 Å². The smallest absolute Gasteiger partial charge is 0.407 e. The number of carbonyl (C=O) groups is 1. The minimum Gasteiger partial charge on any atom is -0.443 e. The largest absolute Gasteiger partial charge is 0.443 e. The van der Waals surface area contributed by atoms with E-state index in [9.17, 15) is 4.79 Å². The van der Waals surface area contributed by atoms with Crippen molar-refractivity contribution in [1.29, 1.82) is 0 Å². The maximum absolute atomic E-state index is 12.5. The normalized spacial score (nSPS) is 37.6. The highest BCUT2D eigenvalue weighted by Crippen LogP contribution is 2.49. The van der Waals surface area contributed by atoms with Crippen LogP contribution in [0.4, 0.5) is 4.79 Å². The van der Waals surface area contributed by atoms with Crippen molar-refractivity contribution in [1.82, 2.24) is 5.32 Å². The summed E-state index contributed by atoms with van der Waals surface area (Å²) >= 11 is 0. The van der Waals surface area contributed by atoms with E-state index < -0.39 is 0 Å². The maximum atomic E-state index is 12.5. The second-order valence-electron chi connectivity index (χ2n) is 9.14. The Balaban J connectivity index is 1.59. The maximum Gasteiger partial charge on any atom is 0.407 e. The first kappa shape index (κ1) is 22.5. The standard InChI is InChI=1S/C22H38N2O5/c1-14(2)10-12-27-15(3)19-20(26-4)18(9-11-22(19)13-28-22)29-21(25)24-17-7-5-16(23)6-8-17/h10,15-20H,5-9,11-13,23H2,1-4H3,(H,24,25)/t15-,16?,17?,18?,19?,20?,22-/m0/s1. The average molecular weight is 411 g/mol. The second kappa shape index (κ2) is 9.77. The van der Waals surface area contributed by atoms with E-state index in [-0.39, 0.29) is 48.0 Å². The minimum atomic E-state index is -0.359. The van der Waals surface area contributed by atoms with Crippen molar-refractivity contribution in [2.24, 2.45) is 11.7 Å². The summed E-state index contributed by atoms with van der Waals surface area (Å²) in [6.45, 7) is 7.45. The lowest BCUT2D eigenvalue weighted by atomic mass is 9.73. The van der Waals surface area contributed by atoms with Gasteiger partial charge in [0.2, 0.25) is 0 Å². The molecule has 0 radical (unpaired) electrons. The highest BCUT2D eigenvalue weighted by Gasteiger charge is 2.61. The molecule has 0 aromatic rings. The molecule has 3 aliphatic rings. The van der Waals surface area contributed by atoms with Gasteiger partial charge in [0.25, 0.3) is 0 Å². The molecule has 7 heteroatoms. The molecular formula is C22H38N2O5. The van der Waals surface area contributed by atoms with Gasteiger partial charge in [-0.2, -0.15) is 0 Å². The molecule has 0 bridgehead atoms. The van der Waals surface area contributed by atoms with Crippen LogP contribution in [0.5, 0.6) is 0 Å². The van der Waals surface area contributed by atoms with Gasteiger partial charge in [0.05, 0.1) is 24.9 Å². The number of nitrogens with one attached hydrogen (secondary N) is 1. The topological polar surface area (TPSA) is 95.3 Å². The van der Waals surface area contributed by atoms with Crippen molar-refractivity contribution in [2.45, 2.75) is 95.3 Å². The number of hydrogen-bond acceptors (Lipinski definition) is 6. The third kappa shape index (κ3) is 5.72. The van der Waals surface area contributed by atoms with E-state index in [0.29, 0.717) is 6.61 Å². The van der Waals surface area contributed by atoms with Gasteiger partial charge < -0.3 is 30.0 Å². The van der Waals surface area contributed by atoms with Crippen molar-refractivity contribution in [3.8, 4) is 0 Å². The summed E-state index contributed by atoms with van der Waals surface area (Å²) in [4.78, 5) is 12.5. The van der Waals surface area contributed by atoms with E-state index in [1.165, 1.54) is 5.57 Å². The number of ether oxygens (including phenoxy) is 4. The van der Waals surface area contributed by atoms with Crippen LogP contribution in [-0.2, 0) is 18.9 Å². The predicted molar refractivity (Wildman–Crippen MR) is 111 cm³/mol. The number of alkyl carbamates (subject to hydrolysis) is 1. The molecular weight excluding hydrogens is 372 g/mol. The quantitative estimate of drug-likeness (QED) is 0.495. The van der Waals surface area contributed by atoms with E-state index in [0.717, 1.165) is 45.1 Å². The third-order valence-electron chi connectivity index (χ3n) is 6.68. The molecule has 2 aliphatic carbocycles. The van der Waals surface area contributed by atoms with E-state index >= 15 is 0 Å². The summed E-state index contributed by atoms with van der Waals surface area (Å²) in [5.74, 6) is 0.0253. The van der Waals surface area contributed by atoms with Crippen molar-refractivity contribution in [3.63, 3.8) is 0 Å². The summed E-state index contributed by atoms with van der Waals surface area (Å²) in [5.41, 5.74) is 6.97. The predicted octanol–water partition coefficient (Wildman–Crippen LogP) is 2.92.